The summed E-state index contributed by atoms with van der Waals surface area (Å²) in [5, 5.41) is 2.92. The first-order chi connectivity index (χ1) is 10.1. The highest BCUT2D eigenvalue weighted by Crippen LogP contribution is 2.26. The van der Waals surface area contributed by atoms with Gasteiger partial charge in [0.15, 0.2) is 0 Å². The molecule has 1 aliphatic heterocycles. The minimum atomic E-state index is -0.398. The minimum absolute atomic E-state index is 0.0331. The van der Waals surface area contributed by atoms with Gasteiger partial charge < -0.3 is 10.1 Å². The number of amides is 1. The molecule has 1 fully saturated rings. The van der Waals surface area contributed by atoms with E-state index < -0.39 is 6.04 Å². The predicted molar refractivity (Wildman–Crippen MR) is 79.6 cm³/mol. The summed E-state index contributed by atoms with van der Waals surface area (Å²) in [6.07, 6.45) is 0.850. The van der Waals surface area contributed by atoms with Gasteiger partial charge in [-0.05, 0) is 18.9 Å². The molecule has 1 amide bonds. The number of hydrogen-bond donors (Lipinski definition) is 1. The molecule has 1 aromatic carbocycles. The van der Waals surface area contributed by atoms with Crippen molar-refractivity contribution in [1.29, 1.82) is 0 Å². The molecule has 0 spiro atoms. The zero-order chi connectivity index (χ0) is 15.2. The van der Waals surface area contributed by atoms with E-state index in [-0.39, 0.29) is 17.9 Å². The first-order valence-corrected chi connectivity index (χ1v) is 7.34. The number of rotatable bonds is 5. The smallest absolute Gasteiger partial charge is 0.328 e. The Morgan fingerprint density at radius 3 is 2.71 bits per heavy atom. The predicted octanol–water partition coefficient (Wildman–Crippen LogP) is 1.50. The highest BCUT2D eigenvalue weighted by molar-refractivity contribution is 5.78. The molecule has 1 aromatic rings. The Kier molecular flexibility index (Phi) is 5.33. The second-order valence-electron chi connectivity index (χ2n) is 5.25. The molecular weight excluding hydrogens is 268 g/mol. The van der Waals surface area contributed by atoms with Gasteiger partial charge in [-0.2, -0.15) is 0 Å². The molecule has 1 saturated heterocycles. The van der Waals surface area contributed by atoms with E-state index in [9.17, 15) is 9.59 Å². The Hall–Kier alpha value is -1.88. The highest BCUT2D eigenvalue weighted by atomic mass is 16.5. The summed E-state index contributed by atoms with van der Waals surface area (Å²) in [7, 11) is 0. The number of benzene rings is 1. The zero-order valence-electron chi connectivity index (χ0n) is 12.5. The van der Waals surface area contributed by atoms with Crippen molar-refractivity contribution in [3.63, 3.8) is 0 Å². The lowest BCUT2D eigenvalue weighted by molar-refractivity contribution is -0.149. The maximum Gasteiger partial charge on any atom is 0.328 e. The molecule has 114 valence electrons. The molecule has 21 heavy (non-hydrogen) atoms. The van der Waals surface area contributed by atoms with Crippen molar-refractivity contribution in [2.75, 3.05) is 19.7 Å². The molecule has 5 heteroatoms. The van der Waals surface area contributed by atoms with E-state index in [0.717, 1.165) is 18.5 Å². The number of likely N-dealkylation sites (tertiary alicyclic amines) is 1. The number of ether oxygens (including phenoxy) is 1. The monoisotopic (exact) mass is 290 g/mol. The number of hydrogen-bond acceptors (Lipinski definition) is 4. The van der Waals surface area contributed by atoms with Gasteiger partial charge in [-0.1, -0.05) is 30.3 Å². The van der Waals surface area contributed by atoms with Crippen LogP contribution in [0.5, 0.6) is 0 Å². The van der Waals surface area contributed by atoms with Gasteiger partial charge in [-0.3, -0.25) is 9.69 Å². The molecule has 2 rings (SSSR count). The van der Waals surface area contributed by atoms with Crippen LogP contribution in [0.25, 0.3) is 0 Å². The fourth-order valence-corrected chi connectivity index (χ4v) is 2.78. The summed E-state index contributed by atoms with van der Waals surface area (Å²) in [5.74, 6) is -0.263. The van der Waals surface area contributed by atoms with E-state index in [2.05, 4.69) is 10.2 Å². The van der Waals surface area contributed by atoms with E-state index >= 15 is 0 Å². The van der Waals surface area contributed by atoms with Crippen LogP contribution < -0.4 is 5.32 Å². The lowest BCUT2D eigenvalue weighted by Gasteiger charge is -2.26. The van der Waals surface area contributed by atoms with Crippen LogP contribution in [0.15, 0.2) is 30.3 Å². The lowest BCUT2D eigenvalue weighted by Crippen LogP contribution is -2.38. The second kappa shape index (κ2) is 7.22. The maximum atomic E-state index is 12.3. The van der Waals surface area contributed by atoms with E-state index in [0.29, 0.717) is 13.2 Å². The molecule has 1 heterocycles. The topological polar surface area (TPSA) is 58.6 Å². The summed E-state index contributed by atoms with van der Waals surface area (Å²) < 4.78 is 5.22. The first kappa shape index (κ1) is 15.5. The third-order valence-electron chi connectivity index (χ3n) is 3.62. The number of nitrogens with one attached hydrogen (secondary N) is 1. The number of nitrogens with zero attached hydrogens (tertiary/aromatic N) is 1. The van der Waals surface area contributed by atoms with Crippen molar-refractivity contribution in [1.82, 2.24) is 10.2 Å². The van der Waals surface area contributed by atoms with Crippen molar-refractivity contribution in [2.45, 2.75) is 32.4 Å². The standard InChI is InChI=1S/C16H22N2O3/c1-3-21-16(20)15(13-7-5-4-6-8-13)18-10-9-14(11-18)17-12(2)19/h4-8,14-15H,3,9-11H2,1-2H3,(H,17,19). The summed E-state index contributed by atoms with van der Waals surface area (Å²) >= 11 is 0. The molecule has 0 aromatic heterocycles. The van der Waals surface area contributed by atoms with Gasteiger partial charge in [0.2, 0.25) is 5.91 Å². The van der Waals surface area contributed by atoms with Crippen LogP contribution in [0.4, 0.5) is 0 Å². The van der Waals surface area contributed by atoms with Crippen LogP contribution >= 0.6 is 0 Å². The van der Waals surface area contributed by atoms with Gasteiger partial charge in [-0.25, -0.2) is 4.79 Å². The van der Waals surface area contributed by atoms with Crippen LogP contribution in [-0.4, -0.2) is 42.5 Å². The quantitative estimate of drug-likeness (QED) is 0.835. The summed E-state index contributed by atoms with van der Waals surface area (Å²) in [6, 6.07) is 9.34. The fraction of sp³-hybridized carbons (Fsp3) is 0.500. The van der Waals surface area contributed by atoms with Crippen LogP contribution in [0.2, 0.25) is 0 Å². The van der Waals surface area contributed by atoms with Gasteiger partial charge >= 0.3 is 5.97 Å². The molecule has 0 saturated carbocycles. The average Bonchev–Trinajstić information content (AvgIpc) is 2.88. The third-order valence-corrected chi connectivity index (χ3v) is 3.62. The molecule has 1 aliphatic rings. The van der Waals surface area contributed by atoms with Gasteiger partial charge in [-0.15, -0.1) is 0 Å². The van der Waals surface area contributed by atoms with Crippen molar-refractivity contribution >= 4 is 11.9 Å². The van der Waals surface area contributed by atoms with Crippen LogP contribution in [0.3, 0.4) is 0 Å². The van der Waals surface area contributed by atoms with Gasteiger partial charge in [0.25, 0.3) is 0 Å². The van der Waals surface area contributed by atoms with Gasteiger partial charge in [0.05, 0.1) is 6.61 Å². The Bertz CT molecular complexity index is 490. The van der Waals surface area contributed by atoms with Crippen molar-refractivity contribution in [2.24, 2.45) is 0 Å². The van der Waals surface area contributed by atoms with Crippen molar-refractivity contribution in [3.8, 4) is 0 Å². The van der Waals surface area contributed by atoms with Crippen LogP contribution in [-0.2, 0) is 14.3 Å². The van der Waals surface area contributed by atoms with Crippen LogP contribution in [0.1, 0.15) is 31.9 Å². The van der Waals surface area contributed by atoms with Crippen molar-refractivity contribution < 1.29 is 14.3 Å². The van der Waals surface area contributed by atoms with Gasteiger partial charge in [0, 0.05) is 26.1 Å². The molecule has 5 nitrogen and oxygen atoms in total. The summed E-state index contributed by atoms with van der Waals surface area (Å²) in [4.78, 5) is 25.5. The van der Waals surface area contributed by atoms with E-state index in [4.69, 9.17) is 4.74 Å². The SMILES string of the molecule is CCOC(=O)C(c1ccccc1)N1CCC(NC(C)=O)C1. The molecule has 0 radical (unpaired) electrons. The van der Waals surface area contributed by atoms with E-state index in [1.54, 1.807) is 0 Å². The lowest BCUT2D eigenvalue weighted by atomic mass is 10.1. The molecule has 2 atom stereocenters. The second-order valence-corrected chi connectivity index (χ2v) is 5.25. The van der Waals surface area contributed by atoms with Crippen molar-refractivity contribution in [3.05, 3.63) is 35.9 Å². The van der Waals surface area contributed by atoms with E-state index in [1.807, 2.05) is 37.3 Å². The fourth-order valence-electron chi connectivity index (χ4n) is 2.78. The van der Waals surface area contributed by atoms with E-state index in [1.165, 1.54) is 6.92 Å². The summed E-state index contributed by atoms with van der Waals surface area (Å²) in [5.41, 5.74) is 0.930. The zero-order valence-corrected chi connectivity index (χ0v) is 12.5. The highest BCUT2D eigenvalue weighted by Gasteiger charge is 2.34. The maximum absolute atomic E-state index is 12.3. The molecular formula is C16H22N2O3. The normalized spacial score (nSPS) is 20.0. The average molecular weight is 290 g/mol. The minimum Gasteiger partial charge on any atom is -0.465 e. The Morgan fingerprint density at radius 2 is 2.10 bits per heavy atom. The molecule has 1 N–H and O–H groups in total. The summed E-state index contributed by atoms with van der Waals surface area (Å²) in [6.45, 7) is 5.12. The Balaban J connectivity index is 2.13. The molecule has 0 bridgehead atoms. The van der Waals surface area contributed by atoms with Gasteiger partial charge in [0.1, 0.15) is 6.04 Å². The number of carbonyl (C=O) groups is 2. The number of esters is 1. The Morgan fingerprint density at radius 1 is 1.38 bits per heavy atom. The number of carbonyl (C=O) groups excluding carboxylic acids is 2. The largest absolute Gasteiger partial charge is 0.465 e. The van der Waals surface area contributed by atoms with Crippen LogP contribution in [0, 0.1) is 0 Å². The Labute approximate surface area is 125 Å². The molecule has 2 unspecified atom stereocenters. The third kappa shape index (κ3) is 4.04. The molecule has 0 aliphatic carbocycles. The first-order valence-electron chi connectivity index (χ1n) is 7.34.